The molecule has 2 N–H and O–H groups in total. The highest BCUT2D eigenvalue weighted by molar-refractivity contribution is 7.89. The molecule has 1 fully saturated rings. The number of aromatic nitrogens is 2. The van der Waals surface area contributed by atoms with Crippen molar-refractivity contribution in [1.82, 2.24) is 13.9 Å². The molecule has 2 unspecified atom stereocenters. The van der Waals surface area contributed by atoms with E-state index in [9.17, 15) is 8.42 Å². The molecule has 20 heavy (non-hydrogen) atoms. The molecule has 1 saturated heterocycles. The zero-order valence-corrected chi connectivity index (χ0v) is 13.5. The maximum atomic E-state index is 12.6. The van der Waals surface area contributed by atoms with Gasteiger partial charge in [-0.1, -0.05) is 6.92 Å². The maximum Gasteiger partial charge on any atom is 0.262 e. The van der Waals surface area contributed by atoms with Gasteiger partial charge in [0.1, 0.15) is 0 Å². The minimum absolute atomic E-state index is 0. The molecule has 1 aliphatic rings. The molecule has 0 aromatic carbocycles. The Labute approximate surface area is 126 Å². The van der Waals surface area contributed by atoms with Gasteiger partial charge in [-0.25, -0.2) is 13.4 Å². The van der Waals surface area contributed by atoms with Crippen molar-refractivity contribution in [2.24, 2.45) is 11.7 Å². The number of imidazole rings is 1. The number of nitrogens with two attached hydrogens (primary N) is 1. The van der Waals surface area contributed by atoms with E-state index < -0.39 is 10.0 Å². The molecule has 0 radical (unpaired) electrons. The molecule has 2 heterocycles. The fourth-order valence-corrected chi connectivity index (χ4v) is 4.33. The molecule has 6 nitrogen and oxygen atoms in total. The first-order chi connectivity index (χ1) is 9.00. The smallest absolute Gasteiger partial charge is 0.262 e. The molecule has 2 rings (SSSR count). The van der Waals surface area contributed by atoms with Gasteiger partial charge in [0.25, 0.3) is 10.0 Å². The highest BCUT2D eigenvalue weighted by Gasteiger charge is 2.37. The lowest BCUT2D eigenvalue weighted by Gasteiger charge is -2.37. The quantitative estimate of drug-likeness (QED) is 0.899. The second-order valence-corrected chi connectivity index (χ2v) is 6.92. The Balaban J connectivity index is 0.00000200. The Morgan fingerprint density at radius 3 is 2.75 bits per heavy atom. The highest BCUT2D eigenvalue weighted by Crippen LogP contribution is 2.27. The number of sulfonamides is 1. The van der Waals surface area contributed by atoms with E-state index in [1.54, 1.807) is 17.1 Å². The number of hydrogen-bond donors (Lipinski definition) is 1. The lowest BCUT2D eigenvalue weighted by atomic mass is 9.93. The number of aryl methyl sites for hydroxylation is 1. The van der Waals surface area contributed by atoms with Crippen LogP contribution in [0.25, 0.3) is 0 Å². The zero-order valence-electron chi connectivity index (χ0n) is 11.9. The van der Waals surface area contributed by atoms with E-state index in [2.05, 4.69) is 11.9 Å². The van der Waals surface area contributed by atoms with Crippen molar-refractivity contribution in [2.75, 3.05) is 13.1 Å². The molecular formula is C12H23ClN4O2S. The molecule has 1 aromatic heterocycles. The van der Waals surface area contributed by atoms with Crippen molar-refractivity contribution < 1.29 is 8.42 Å². The van der Waals surface area contributed by atoms with Crippen LogP contribution in [0.1, 0.15) is 26.7 Å². The summed E-state index contributed by atoms with van der Waals surface area (Å²) in [4.78, 5) is 4.02. The van der Waals surface area contributed by atoms with E-state index in [4.69, 9.17) is 5.73 Å². The van der Waals surface area contributed by atoms with Gasteiger partial charge >= 0.3 is 0 Å². The summed E-state index contributed by atoms with van der Waals surface area (Å²) in [7, 11) is -3.52. The van der Waals surface area contributed by atoms with Crippen LogP contribution < -0.4 is 5.73 Å². The molecule has 2 atom stereocenters. The Bertz CT molecular complexity index is 531. The lowest BCUT2D eigenvalue weighted by molar-refractivity contribution is 0.192. The van der Waals surface area contributed by atoms with Gasteiger partial charge in [-0.2, -0.15) is 4.31 Å². The Hall–Kier alpha value is -0.630. The fraction of sp³-hybridized carbons (Fsp3) is 0.750. The van der Waals surface area contributed by atoms with Crippen LogP contribution in [0.3, 0.4) is 0 Å². The lowest BCUT2D eigenvalue weighted by Crippen LogP contribution is -2.51. The van der Waals surface area contributed by atoms with Gasteiger partial charge in [0, 0.05) is 31.9 Å². The van der Waals surface area contributed by atoms with Crippen LogP contribution in [-0.4, -0.2) is 41.4 Å². The summed E-state index contributed by atoms with van der Waals surface area (Å²) in [5.41, 5.74) is 5.76. The molecule has 116 valence electrons. The average molecular weight is 323 g/mol. The van der Waals surface area contributed by atoms with E-state index in [1.807, 2.05) is 6.92 Å². The monoisotopic (exact) mass is 322 g/mol. The van der Waals surface area contributed by atoms with Gasteiger partial charge in [0.2, 0.25) is 0 Å². The SMILES string of the molecule is CCn1cnc(S(=O)(=O)N2CCCC(C)C2CN)c1.Cl. The van der Waals surface area contributed by atoms with Gasteiger partial charge in [-0.05, 0) is 25.7 Å². The predicted octanol–water partition coefficient (Wildman–Crippen LogP) is 1.07. The standard InChI is InChI=1S/C12H22N4O2S.ClH/c1-3-15-8-12(14-9-15)19(17,18)16-6-4-5-10(2)11(16)7-13;/h8-11H,3-7,13H2,1-2H3;1H. The van der Waals surface area contributed by atoms with Crippen LogP contribution >= 0.6 is 12.4 Å². The van der Waals surface area contributed by atoms with Crippen LogP contribution in [0.2, 0.25) is 0 Å². The summed E-state index contributed by atoms with van der Waals surface area (Å²) in [5, 5.41) is 0.127. The minimum Gasteiger partial charge on any atom is -0.336 e. The topological polar surface area (TPSA) is 81.2 Å². The molecule has 1 aliphatic heterocycles. The fourth-order valence-electron chi connectivity index (χ4n) is 2.63. The van der Waals surface area contributed by atoms with Gasteiger partial charge in [0.05, 0.1) is 6.33 Å². The normalized spacial score (nSPS) is 24.4. The number of nitrogens with zero attached hydrogens (tertiary/aromatic N) is 3. The van der Waals surface area contributed by atoms with Gasteiger partial charge < -0.3 is 10.3 Å². The predicted molar refractivity (Wildman–Crippen MR) is 80.3 cm³/mol. The van der Waals surface area contributed by atoms with E-state index >= 15 is 0 Å². The molecule has 0 saturated carbocycles. The summed E-state index contributed by atoms with van der Waals surface area (Å²) in [6.07, 6.45) is 5.04. The molecule has 1 aromatic rings. The first kappa shape index (κ1) is 17.4. The third-order valence-electron chi connectivity index (χ3n) is 3.85. The molecule has 0 spiro atoms. The summed E-state index contributed by atoms with van der Waals surface area (Å²) in [6.45, 7) is 5.61. The van der Waals surface area contributed by atoms with Gasteiger partial charge in [-0.3, -0.25) is 0 Å². The average Bonchev–Trinajstić information content (AvgIpc) is 2.87. The molecule has 8 heteroatoms. The second kappa shape index (κ2) is 6.89. The Kier molecular flexibility index (Phi) is 6.00. The summed E-state index contributed by atoms with van der Waals surface area (Å²) < 4.78 is 28.5. The summed E-state index contributed by atoms with van der Waals surface area (Å²) >= 11 is 0. The second-order valence-electron chi connectivity index (χ2n) is 5.08. The molecule has 0 amide bonds. The van der Waals surface area contributed by atoms with Crippen LogP contribution in [0.4, 0.5) is 0 Å². The first-order valence-corrected chi connectivity index (χ1v) is 8.18. The van der Waals surface area contributed by atoms with Crippen LogP contribution in [0, 0.1) is 5.92 Å². The summed E-state index contributed by atoms with van der Waals surface area (Å²) in [6, 6.07) is -0.120. The molecule has 0 bridgehead atoms. The minimum atomic E-state index is -3.52. The third-order valence-corrected chi connectivity index (χ3v) is 5.66. The number of hydrogen-bond acceptors (Lipinski definition) is 4. The van der Waals surface area contributed by atoms with Crippen LogP contribution in [0.5, 0.6) is 0 Å². The maximum absolute atomic E-state index is 12.6. The number of piperidine rings is 1. The summed E-state index contributed by atoms with van der Waals surface area (Å²) in [5.74, 6) is 0.293. The van der Waals surface area contributed by atoms with Crippen molar-refractivity contribution in [2.45, 2.75) is 44.3 Å². The van der Waals surface area contributed by atoms with E-state index in [1.165, 1.54) is 4.31 Å². The molecular weight excluding hydrogens is 300 g/mol. The van der Waals surface area contributed by atoms with Crippen molar-refractivity contribution in [3.8, 4) is 0 Å². The largest absolute Gasteiger partial charge is 0.336 e. The van der Waals surface area contributed by atoms with Gasteiger partial charge in [-0.15, -0.1) is 12.4 Å². The van der Waals surface area contributed by atoms with Crippen molar-refractivity contribution in [1.29, 1.82) is 0 Å². The van der Waals surface area contributed by atoms with Crippen molar-refractivity contribution in [3.05, 3.63) is 12.5 Å². The molecule has 0 aliphatic carbocycles. The first-order valence-electron chi connectivity index (χ1n) is 6.74. The van der Waals surface area contributed by atoms with E-state index in [-0.39, 0.29) is 23.5 Å². The number of halogens is 1. The van der Waals surface area contributed by atoms with Crippen molar-refractivity contribution >= 4 is 22.4 Å². The third kappa shape index (κ3) is 3.16. The van der Waals surface area contributed by atoms with E-state index in [0.717, 1.165) is 12.8 Å². The number of rotatable bonds is 4. The van der Waals surface area contributed by atoms with Crippen molar-refractivity contribution in [3.63, 3.8) is 0 Å². The van der Waals surface area contributed by atoms with Crippen LogP contribution in [0.15, 0.2) is 17.6 Å². The Morgan fingerprint density at radius 1 is 1.50 bits per heavy atom. The zero-order chi connectivity index (χ0) is 14.0. The van der Waals surface area contributed by atoms with E-state index in [0.29, 0.717) is 25.6 Å². The Morgan fingerprint density at radius 2 is 2.20 bits per heavy atom. The highest BCUT2D eigenvalue weighted by atomic mass is 35.5. The van der Waals surface area contributed by atoms with Gasteiger partial charge in [0.15, 0.2) is 5.03 Å². The van der Waals surface area contributed by atoms with Crippen LogP contribution in [-0.2, 0) is 16.6 Å².